The standard InChI is InChI=1S/C22H21N3O3/c1-27-13-15-17(10-20(23)26)24-11-18-21(15)22-16(25-18)8-5-9-19(22)28-12-14-6-3-2-4-7-14/h2-9,11,25H,10,12-13H2,1H3,(H2,23,26). The number of primary amides is 1. The van der Waals surface area contributed by atoms with Crippen molar-refractivity contribution < 1.29 is 14.3 Å². The lowest BCUT2D eigenvalue weighted by molar-refractivity contribution is -0.117. The number of aromatic amines is 1. The number of nitrogens with two attached hydrogens (primary N) is 1. The molecule has 6 heteroatoms. The van der Waals surface area contributed by atoms with Crippen molar-refractivity contribution in [2.24, 2.45) is 5.73 Å². The maximum absolute atomic E-state index is 11.5. The van der Waals surface area contributed by atoms with Crippen LogP contribution in [-0.2, 0) is 29.2 Å². The van der Waals surface area contributed by atoms with Crippen LogP contribution >= 0.6 is 0 Å². The van der Waals surface area contributed by atoms with E-state index >= 15 is 0 Å². The summed E-state index contributed by atoms with van der Waals surface area (Å²) in [6.07, 6.45) is 1.79. The molecule has 0 bridgehead atoms. The third kappa shape index (κ3) is 3.42. The van der Waals surface area contributed by atoms with Gasteiger partial charge in [-0.3, -0.25) is 9.78 Å². The molecule has 2 aromatic carbocycles. The van der Waals surface area contributed by atoms with E-state index in [1.807, 2.05) is 48.5 Å². The van der Waals surface area contributed by atoms with Crippen LogP contribution < -0.4 is 10.5 Å². The number of H-pyrrole nitrogens is 1. The Balaban J connectivity index is 1.86. The van der Waals surface area contributed by atoms with Crippen LogP contribution in [0.4, 0.5) is 0 Å². The van der Waals surface area contributed by atoms with E-state index in [4.69, 9.17) is 15.2 Å². The summed E-state index contributed by atoms with van der Waals surface area (Å²) in [5.74, 6) is 0.339. The lowest BCUT2D eigenvalue weighted by atomic mass is 10.0. The van der Waals surface area contributed by atoms with Gasteiger partial charge in [-0.1, -0.05) is 36.4 Å². The van der Waals surface area contributed by atoms with Crippen LogP contribution in [0.3, 0.4) is 0 Å². The summed E-state index contributed by atoms with van der Waals surface area (Å²) in [6, 6.07) is 15.9. The Morgan fingerprint density at radius 2 is 1.86 bits per heavy atom. The molecule has 6 nitrogen and oxygen atoms in total. The molecule has 142 valence electrons. The molecule has 0 spiro atoms. The molecule has 0 saturated carbocycles. The van der Waals surface area contributed by atoms with E-state index in [1.165, 1.54) is 0 Å². The second-order valence-electron chi connectivity index (χ2n) is 6.63. The van der Waals surface area contributed by atoms with Gasteiger partial charge in [0.25, 0.3) is 0 Å². The molecule has 0 radical (unpaired) electrons. The SMILES string of the molecule is COCc1c(CC(N)=O)ncc2[nH]c3cccc(OCc4ccccc4)c3c12. The highest BCUT2D eigenvalue weighted by Gasteiger charge is 2.18. The van der Waals surface area contributed by atoms with Crippen LogP contribution in [0.1, 0.15) is 16.8 Å². The monoisotopic (exact) mass is 375 g/mol. The van der Waals surface area contributed by atoms with E-state index in [1.54, 1.807) is 13.3 Å². The molecule has 0 saturated heterocycles. The number of nitrogens with one attached hydrogen (secondary N) is 1. The molecule has 0 aliphatic carbocycles. The fourth-order valence-electron chi connectivity index (χ4n) is 3.48. The predicted molar refractivity (Wildman–Crippen MR) is 108 cm³/mol. The van der Waals surface area contributed by atoms with Gasteiger partial charge in [0.2, 0.25) is 5.91 Å². The average Bonchev–Trinajstić information content (AvgIpc) is 3.08. The first-order valence-corrected chi connectivity index (χ1v) is 9.02. The summed E-state index contributed by atoms with van der Waals surface area (Å²) in [4.78, 5) is 19.3. The number of fused-ring (bicyclic) bond motifs is 3. The first kappa shape index (κ1) is 18.0. The van der Waals surface area contributed by atoms with Gasteiger partial charge in [0.15, 0.2) is 0 Å². The molecule has 4 rings (SSSR count). The van der Waals surface area contributed by atoms with E-state index in [0.717, 1.165) is 38.7 Å². The Kier molecular flexibility index (Phi) is 4.95. The number of hydrogen-bond acceptors (Lipinski definition) is 4. The number of amides is 1. The van der Waals surface area contributed by atoms with Crippen LogP contribution in [-0.4, -0.2) is 23.0 Å². The van der Waals surface area contributed by atoms with Crippen molar-refractivity contribution in [1.82, 2.24) is 9.97 Å². The second kappa shape index (κ2) is 7.70. The van der Waals surface area contributed by atoms with Gasteiger partial charge in [-0.05, 0) is 17.7 Å². The largest absolute Gasteiger partial charge is 0.488 e. The van der Waals surface area contributed by atoms with Gasteiger partial charge in [0.1, 0.15) is 12.4 Å². The summed E-state index contributed by atoms with van der Waals surface area (Å²) < 4.78 is 11.6. The van der Waals surface area contributed by atoms with Crippen molar-refractivity contribution in [3.8, 4) is 5.75 Å². The lowest BCUT2D eigenvalue weighted by Crippen LogP contribution is -2.16. The van der Waals surface area contributed by atoms with Gasteiger partial charge in [0.05, 0.1) is 36.0 Å². The molecule has 0 unspecified atom stereocenters. The summed E-state index contributed by atoms with van der Waals surface area (Å²) in [5, 5.41) is 1.90. The molecular weight excluding hydrogens is 354 g/mol. The molecular formula is C22H21N3O3. The lowest BCUT2D eigenvalue weighted by Gasteiger charge is -2.11. The molecule has 0 aliphatic heterocycles. The van der Waals surface area contributed by atoms with Crippen molar-refractivity contribution in [2.75, 3.05) is 7.11 Å². The zero-order chi connectivity index (χ0) is 19.5. The number of carbonyl (C=O) groups is 1. The molecule has 0 fully saturated rings. The average molecular weight is 375 g/mol. The van der Waals surface area contributed by atoms with Gasteiger partial charge in [-0.15, -0.1) is 0 Å². The fourth-order valence-corrected chi connectivity index (χ4v) is 3.48. The number of carbonyl (C=O) groups excluding carboxylic acids is 1. The molecule has 1 amide bonds. The number of benzene rings is 2. The fraction of sp³-hybridized carbons (Fsp3) is 0.182. The van der Waals surface area contributed by atoms with Crippen molar-refractivity contribution in [2.45, 2.75) is 19.6 Å². The first-order valence-electron chi connectivity index (χ1n) is 9.02. The molecule has 2 aromatic heterocycles. The summed E-state index contributed by atoms with van der Waals surface area (Å²) in [5.41, 5.74) is 9.78. The van der Waals surface area contributed by atoms with Crippen LogP contribution in [0, 0.1) is 0 Å². The molecule has 28 heavy (non-hydrogen) atoms. The van der Waals surface area contributed by atoms with E-state index < -0.39 is 5.91 Å². The molecule has 0 atom stereocenters. The molecule has 2 heterocycles. The Morgan fingerprint density at radius 3 is 2.61 bits per heavy atom. The first-order chi connectivity index (χ1) is 13.7. The van der Waals surface area contributed by atoms with Gasteiger partial charge in [-0.25, -0.2) is 0 Å². The topological polar surface area (TPSA) is 90.2 Å². The Morgan fingerprint density at radius 1 is 1.04 bits per heavy atom. The highest BCUT2D eigenvalue weighted by atomic mass is 16.5. The second-order valence-corrected chi connectivity index (χ2v) is 6.63. The van der Waals surface area contributed by atoms with Gasteiger partial charge in [0, 0.05) is 23.4 Å². The number of nitrogens with zero attached hydrogens (tertiary/aromatic N) is 1. The Labute approximate surface area is 162 Å². The third-order valence-corrected chi connectivity index (χ3v) is 4.68. The minimum atomic E-state index is -0.426. The smallest absolute Gasteiger partial charge is 0.223 e. The number of ether oxygens (including phenoxy) is 2. The van der Waals surface area contributed by atoms with Crippen molar-refractivity contribution in [3.63, 3.8) is 0 Å². The van der Waals surface area contributed by atoms with Crippen LogP contribution in [0.15, 0.2) is 54.7 Å². The zero-order valence-electron chi connectivity index (χ0n) is 15.6. The summed E-state index contributed by atoms with van der Waals surface area (Å²) in [7, 11) is 1.62. The normalized spacial score (nSPS) is 11.2. The number of hydrogen-bond donors (Lipinski definition) is 2. The van der Waals surface area contributed by atoms with Gasteiger partial charge < -0.3 is 20.2 Å². The van der Waals surface area contributed by atoms with E-state index in [2.05, 4.69) is 9.97 Å². The zero-order valence-corrected chi connectivity index (χ0v) is 15.6. The Bertz CT molecular complexity index is 1140. The number of aromatic nitrogens is 2. The number of rotatable bonds is 7. The van der Waals surface area contributed by atoms with Crippen molar-refractivity contribution in [3.05, 3.63) is 71.5 Å². The van der Waals surface area contributed by atoms with Crippen LogP contribution in [0.5, 0.6) is 5.75 Å². The third-order valence-electron chi connectivity index (χ3n) is 4.68. The number of pyridine rings is 1. The maximum Gasteiger partial charge on any atom is 0.223 e. The Hall–Kier alpha value is -3.38. The van der Waals surface area contributed by atoms with Crippen molar-refractivity contribution in [1.29, 1.82) is 0 Å². The number of methoxy groups -OCH3 is 1. The van der Waals surface area contributed by atoms with Crippen LogP contribution in [0.25, 0.3) is 21.8 Å². The van der Waals surface area contributed by atoms with Crippen LogP contribution in [0.2, 0.25) is 0 Å². The highest BCUT2D eigenvalue weighted by Crippen LogP contribution is 2.36. The quantitative estimate of drug-likeness (QED) is 0.517. The summed E-state index contributed by atoms with van der Waals surface area (Å²) >= 11 is 0. The van der Waals surface area contributed by atoms with E-state index in [0.29, 0.717) is 18.9 Å². The van der Waals surface area contributed by atoms with E-state index in [9.17, 15) is 4.79 Å². The molecule has 4 aromatic rings. The highest BCUT2D eigenvalue weighted by molar-refractivity contribution is 6.12. The van der Waals surface area contributed by atoms with Gasteiger partial charge >= 0.3 is 0 Å². The minimum Gasteiger partial charge on any atom is -0.488 e. The molecule has 3 N–H and O–H groups in total. The van der Waals surface area contributed by atoms with E-state index in [-0.39, 0.29) is 6.42 Å². The van der Waals surface area contributed by atoms with Crippen molar-refractivity contribution >= 4 is 27.7 Å². The minimum absolute atomic E-state index is 0.0638. The van der Waals surface area contributed by atoms with Gasteiger partial charge in [-0.2, -0.15) is 0 Å². The predicted octanol–water partition coefficient (Wildman–Crippen LogP) is 3.47. The maximum atomic E-state index is 11.5. The summed E-state index contributed by atoms with van der Waals surface area (Å²) in [6.45, 7) is 0.790. The molecule has 0 aliphatic rings.